The molecule has 26 heavy (non-hydrogen) atoms. The number of hydrogen-bond acceptors (Lipinski definition) is 8. The van der Waals surface area contributed by atoms with Gasteiger partial charge in [-0.3, -0.25) is 4.57 Å². The molecule has 0 unspecified atom stereocenters. The maximum Gasteiger partial charge on any atom is 0.356 e. The van der Waals surface area contributed by atoms with Crippen LogP contribution in [0.15, 0.2) is 18.5 Å². The smallest absolute Gasteiger partial charge is 0.356 e. The van der Waals surface area contributed by atoms with Crippen molar-refractivity contribution in [2.24, 2.45) is 0 Å². The number of nitrogens with zero attached hydrogens (tertiary/aromatic N) is 3. The molecule has 0 aromatic carbocycles. The molecule has 2 heterocycles. The fourth-order valence-corrected chi connectivity index (χ4v) is 3.42. The SMILES string of the molecule is CC.CCOP(=O)(COCCc1ccc2c(N)ncnn12)OCC.CO. The van der Waals surface area contributed by atoms with Crippen LogP contribution in [-0.4, -0.2) is 53.0 Å². The third kappa shape index (κ3) is 7.39. The van der Waals surface area contributed by atoms with Gasteiger partial charge in [-0.2, -0.15) is 5.10 Å². The first kappa shape index (κ1) is 24.5. The van der Waals surface area contributed by atoms with Gasteiger partial charge in [0.15, 0.2) is 5.82 Å². The maximum absolute atomic E-state index is 12.2. The molecule has 0 fully saturated rings. The van der Waals surface area contributed by atoms with Gasteiger partial charge in [0.25, 0.3) is 0 Å². The highest BCUT2D eigenvalue weighted by molar-refractivity contribution is 7.53. The number of hydrogen-bond donors (Lipinski definition) is 2. The number of nitrogen functional groups attached to an aromatic ring is 1. The predicted molar refractivity (Wildman–Crippen MR) is 102 cm³/mol. The minimum Gasteiger partial charge on any atom is -0.400 e. The van der Waals surface area contributed by atoms with E-state index < -0.39 is 7.60 Å². The molecule has 150 valence electrons. The lowest BCUT2D eigenvalue weighted by Gasteiger charge is -2.16. The molecule has 0 aliphatic rings. The number of aliphatic hydroxyl groups is 1. The van der Waals surface area contributed by atoms with Gasteiger partial charge in [0.1, 0.15) is 18.2 Å². The molecule has 0 amide bonds. The summed E-state index contributed by atoms with van der Waals surface area (Å²) in [7, 11) is -2.16. The zero-order chi connectivity index (χ0) is 20.0. The van der Waals surface area contributed by atoms with Gasteiger partial charge >= 0.3 is 7.60 Å². The lowest BCUT2D eigenvalue weighted by molar-refractivity contribution is 0.133. The Balaban J connectivity index is 0.00000146. The first-order valence-electron chi connectivity index (χ1n) is 8.57. The van der Waals surface area contributed by atoms with Crippen molar-refractivity contribution in [3.63, 3.8) is 0 Å². The highest BCUT2D eigenvalue weighted by Gasteiger charge is 2.23. The number of fused-ring (bicyclic) bond motifs is 1. The Labute approximate surface area is 155 Å². The van der Waals surface area contributed by atoms with E-state index in [1.807, 2.05) is 26.0 Å². The number of aliphatic hydroxyl groups excluding tert-OH is 1. The summed E-state index contributed by atoms with van der Waals surface area (Å²) in [5, 5.41) is 11.2. The van der Waals surface area contributed by atoms with Gasteiger partial charge < -0.3 is 24.6 Å². The largest absolute Gasteiger partial charge is 0.400 e. The molecule has 0 saturated carbocycles. The van der Waals surface area contributed by atoms with Crippen LogP contribution < -0.4 is 5.73 Å². The van der Waals surface area contributed by atoms with Crippen LogP contribution in [0.5, 0.6) is 0 Å². The molecule has 0 atom stereocenters. The van der Waals surface area contributed by atoms with Gasteiger partial charge in [0.05, 0.1) is 19.8 Å². The lowest BCUT2D eigenvalue weighted by atomic mass is 10.3. The molecule has 3 N–H and O–H groups in total. The van der Waals surface area contributed by atoms with Crippen LogP contribution >= 0.6 is 7.60 Å². The first-order chi connectivity index (χ1) is 12.6. The monoisotopic (exact) mass is 390 g/mol. The number of rotatable bonds is 9. The molecule has 0 bridgehead atoms. The van der Waals surface area contributed by atoms with Crippen LogP contribution in [0.3, 0.4) is 0 Å². The molecule has 0 spiro atoms. The van der Waals surface area contributed by atoms with Gasteiger partial charge in [-0.1, -0.05) is 13.8 Å². The molecule has 9 nitrogen and oxygen atoms in total. The Bertz CT molecular complexity index is 655. The van der Waals surface area contributed by atoms with Gasteiger partial charge in [-0.05, 0) is 26.0 Å². The molecule has 0 radical (unpaired) electrons. The topological polar surface area (TPSA) is 121 Å². The van der Waals surface area contributed by atoms with Crippen molar-refractivity contribution < 1.29 is 23.5 Å². The molecule has 0 aliphatic carbocycles. The van der Waals surface area contributed by atoms with Crippen molar-refractivity contribution in [1.29, 1.82) is 0 Å². The molecular formula is C16H31N4O5P. The summed E-state index contributed by atoms with van der Waals surface area (Å²) in [5.74, 6) is 0.430. The summed E-state index contributed by atoms with van der Waals surface area (Å²) in [4.78, 5) is 3.93. The quantitative estimate of drug-likeness (QED) is 0.495. The summed E-state index contributed by atoms with van der Waals surface area (Å²) >= 11 is 0. The fourth-order valence-electron chi connectivity index (χ4n) is 2.05. The summed E-state index contributed by atoms with van der Waals surface area (Å²) in [5.41, 5.74) is 7.47. The normalized spacial score (nSPS) is 10.7. The van der Waals surface area contributed by atoms with Crippen molar-refractivity contribution in [1.82, 2.24) is 14.6 Å². The maximum atomic E-state index is 12.2. The van der Waals surface area contributed by atoms with Crippen molar-refractivity contribution >= 4 is 18.9 Å². The second-order valence-electron chi connectivity index (χ2n) is 4.50. The van der Waals surface area contributed by atoms with Crippen LogP contribution in [0, 0.1) is 0 Å². The summed E-state index contributed by atoms with van der Waals surface area (Å²) < 4.78 is 29.7. The van der Waals surface area contributed by atoms with E-state index in [0.29, 0.717) is 32.1 Å². The van der Waals surface area contributed by atoms with Crippen molar-refractivity contribution in [3.8, 4) is 0 Å². The third-order valence-corrected chi connectivity index (χ3v) is 4.77. The van der Waals surface area contributed by atoms with Crippen LogP contribution in [-0.2, 0) is 24.8 Å². The van der Waals surface area contributed by atoms with Gasteiger partial charge in [0.2, 0.25) is 0 Å². The number of anilines is 1. The first-order valence-corrected chi connectivity index (χ1v) is 10.3. The van der Waals surface area contributed by atoms with Crippen molar-refractivity contribution in [3.05, 3.63) is 24.2 Å². The Hall–Kier alpha value is -1.51. The minimum absolute atomic E-state index is 0.0604. The van der Waals surface area contributed by atoms with Gasteiger partial charge in [-0.25, -0.2) is 9.50 Å². The lowest BCUT2D eigenvalue weighted by Crippen LogP contribution is -2.08. The molecule has 0 saturated heterocycles. The summed E-state index contributed by atoms with van der Waals surface area (Å²) in [6, 6.07) is 3.77. The minimum atomic E-state index is -3.16. The van der Waals surface area contributed by atoms with E-state index in [0.717, 1.165) is 18.3 Å². The average Bonchev–Trinajstić information content (AvgIpc) is 3.07. The number of ether oxygens (including phenoxy) is 1. The van der Waals surface area contributed by atoms with E-state index in [9.17, 15) is 4.57 Å². The van der Waals surface area contributed by atoms with E-state index in [2.05, 4.69) is 10.1 Å². The Morgan fingerprint density at radius 3 is 2.38 bits per heavy atom. The van der Waals surface area contributed by atoms with E-state index >= 15 is 0 Å². The second kappa shape index (κ2) is 13.7. The van der Waals surface area contributed by atoms with E-state index in [1.165, 1.54) is 6.33 Å². The summed E-state index contributed by atoms with van der Waals surface area (Å²) in [6.45, 7) is 8.55. The van der Waals surface area contributed by atoms with Crippen molar-refractivity contribution in [2.75, 3.05) is 39.0 Å². The predicted octanol–water partition coefficient (Wildman–Crippen LogP) is 2.73. The van der Waals surface area contributed by atoms with E-state index in [-0.39, 0.29) is 6.35 Å². The molecule has 10 heteroatoms. The van der Waals surface area contributed by atoms with Gasteiger partial charge in [0, 0.05) is 19.2 Å². The highest BCUT2D eigenvalue weighted by atomic mass is 31.2. The standard InChI is InChI=1S/C13H21N4O4P.C2H6.CH4O/c1-3-20-22(18,21-4-2)10-19-8-7-11-5-6-12-13(14)15-9-16-17(11)12;2*1-2/h5-6,9H,3-4,7-8,10H2,1-2H3,(H2,14,15,16);1-2H3;2H,1H3. The molecular weight excluding hydrogens is 359 g/mol. The van der Waals surface area contributed by atoms with Crippen LogP contribution in [0.4, 0.5) is 5.82 Å². The average molecular weight is 390 g/mol. The van der Waals surface area contributed by atoms with Crippen LogP contribution in [0.25, 0.3) is 5.52 Å². The van der Waals surface area contributed by atoms with Crippen molar-refractivity contribution in [2.45, 2.75) is 34.1 Å². The Morgan fingerprint density at radius 1 is 1.19 bits per heavy atom. The highest BCUT2D eigenvalue weighted by Crippen LogP contribution is 2.47. The Morgan fingerprint density at radius 2 is 1.81 bits per heavy atom. The second-order valence-corrected chi connectivity index (χ2v) is 6.50. The van der Waals surface area contributed by atoms with Crippen LogP contribution in [0.2, 0.25) is 0 Å². The van der Waals surface area contributed by atoms with E-state index in [4.69, 9.17) is 24.6 Å². The zero-order valence-electron chi connectivity index (χ0n) is 16.2. The summed E-state index contributed by atoms with van der Waals surface area (Å²) in [6.07, 6.45) is 1.95. The number of aromatic nitrogens is 3. The third-order valence-electron chi connectivity index (χ3n) is 2.96. The van der Waals surface area contributed by atoms with Gasteiger partial charge in [-0.15, -0.1) is 0 Å². The fraction of sp³-hybridized carbons (Fsp3) is 0.625. The molecule has 2 rings (SSSR count). The Kier molecular flexibility index (Phi) is 12.9. The molecule has 2 aromatic rings. The van der Waals surface area contributed by atoms with E-state index in [1.54, 1.807) is 18.4 Å². The molecule has 0 aliphatic heterocycles. The molecule has 2 aromatic heterocycles. The van der Waals surface area contributed by atoms with Crippen LogP contribution in [0.1, 0.15) is 33.4 Å². The zero-order valence-corrected chi connectivity index (χ0v) is 17.1. The number of nitrogens with two attached hydrogens (primary N) is 1.